The standard InChI is InChI=1S/3C20H15N3.C19H16N4.2C12H10N4.3Ir/c3*1-4-10-17(11-5-1)20-21-23(19-14-8-3-9-15-19)16-22(20)18-12-6-2-7-13-18;1-14-8-6-7-11-16(14)18-20-12-17-19(21-18)23(13-22(17)2)15-9-4-3-5-10-15;1-15-9-16(10-5-3-2-4-6-10)11-7-13-8-14-12(11)15;1-15-9-16(10-5-3-2-4-6-10)12-11(15)7-13-8-14-12;;;/h3*1-14,16H;3-9,11-13H,1-2H3;2*2-5,7-9H,1H3;;;/q6*-2;;;. The molecule has 0 unspecified atom stereocenters. The van der Waals surface area contributed by atoms with Gasteiger partial charge in [0.2, 0.25) is 0 Å². The molecule has 0 amide bonds. The van der Waals surface area contributed by atoms with Crippen molar-refractivity contribution in [2.75, 3.05) is 80.3 Å². The van der Waals surface area contributed by atoms with Crippen LogP contribution in [-0.2, 0) is 60.3 Å². The summed E-state index contributed by atoms with van der Waals surface area (Å²) in [4.78, 5) is 44.3. The quantitative estimate of drug-likeness (QED) is 0.100. The number of benzene rings is 13. The molecule has 127 heavy (non-hydrogen) atoms. The third kappa shape index (κ3) is 21.2. The van der Waals surface area contributed by atoms with Crippen molar-refractivity contribution >= 4 is 103 Å². The molecule has 13 aromatic carbocycles. The smallest absolute Gasteiger partial charge is 0.161 e. The van der Waals surface area contributed by atoms with Crippen LogP contribution in [0.15, 0.2) is 398 Å². The first-order valence-electron chi connectivity index (χ1n) is 40.0. The van der Waals surface area contributed by atoms with Gasteiger partial charge in [0.25, 0.3) is 0 Å². The van der Waals surface area contributed by atoms with Gasteiger partial charge in [-0.1, -0.05) is 187 Å². The maximum Gasteiger partial charge on any atom is 0.161 e. The van der Waals surface area contributed by atoms with Crippen LogP contribution in [0.4, 0.5) is 85.7 Å². The van der Waals surface area contributed by atoms with Gasteiger partial charge < -0.3 is 59.1 Å². The summed E-state index contributed by atoms with van der Waals surface area (Å²) in [6.45, 7) is 14.0. The van der Waals surface area contributed by atoms with Crippen LogP contribution < -0.4 is 59.1 Å². The molecule has 0 saturated carbocycles. The molecule has 3 aromatic heterocycles. The van der Waals surface area contributed by atoms with Crippen LogP contribution in [0.5, 0.6) is 0 Å². The Morgan fingerprint density at radius 2 is 0.567 bits per heavy atom. The minimum Gasteiger partial charge on any atom is -0.501 e. The molecular formula is C103H81Ir3N21-12. The van der Waals surface area contributed by atoms with Crippen LogP contribution in [0.25, 0.3) is 11.4 Å². The van der Waals surface area contributed by atoms with E-state index in [0.717, 1.165) is 131 Å². The van der Waals surface area contributed by atoms with Gasteiger partial charge in [0.1, 0.15) is 47.6 Å². The van der Waals surface area contributed by atoms with Crippen molar-refractivity contribution in [3.05, 3.63) is 482 Å². The van der Waals surface area contributed by atoms with Crippen molar-refractivity contribution in [1.29, 1.82) is 0 Å². The number of fused-ring (bicyclic) bond motifs is 3. The molecule has 0 spiro atoms. The van der Waals surface area contributed by atoms with Gasteiger partial charge in [0, 0.05) is 99.6 Å². The van der Waals surface area contributed by atoms with Gasteiger partial charge in [0.15, 0.2) is 5.82 Å². The van der Waals surface area contributed by atoms with Gasteiger partial charge >= 0.3 is 0 Å². The van der Waals surface area contributed by atoms with Gasteiger partial charge in [-0.3, -0.25) is 0 Å². The molecule has 22 rings (SSSR count). The second-order valence-corrected chi connectivity index (χ2v) is 28.3. The van der Waals surface area contributed by atoms with Gasteiger partial charge in [-0.25, -0.2) is 29.9 Å². The fourth-order valence-corrected chi connectivity index (χ4v) is 13.9. The summed E-state index contributed by atoms with van der Waals surface area (Å²) >= 11 is 0. The summed E-state index contributed by atoms with van der Waals surface area (Å²) in [5.74, 6) is 6.11. The van der Waals surface area contributed by atoms with Crippen molar-refractivity contribution in [1.82, 2.24) is 29.9 Å². The molecule has 0 N–H and O–H groups in total. The maximum atomic E-state index is 4.81. The predicted molar refractivity (Wildman–Crippen MR) is 499 cm³/mol. The number of aromatic nitrogens is 6. The molecule has 24 heteroatoms. The largest absolute Gasteiger partial charge is 0.501 e. The van der Waals surface area contributed by atoms with E-state index in [9.17, 15) is 0 Å². The van der Waals surface area contributed by atoms with E-state index in [0.29, 0.717) is 0 Å². The summed E-state index contributed by atoms with van der Waals surface area (Å²) in [6.07, 6.45) is 8.61. The van der Waals surface area contributed by atoms with E-state index >= 15 is 0 Å². The van der Waals surface area contributed by atoms with Crippen LogP contribution in [0.3, 0.4) is 0 Å². The first kappa shape index (κ1) is 89.0. The third-order valence-corrected chi connectivity index (χ3v) is 20.0. The topological polar surface area (TPSA) is 153 Å². The number of hydrazone groups is 3. The molecule has 16 aromatic rings. The number of hydrogen-bond donors (Lipinski definition) is 0. The molecule has 0 aliphatic carbocycles. The Hall–Kier alpha value is -14.3. The number of nitrogens with zero attached hydrogens (tertiary/aromatic N) is 21. The second kappa shape index (κ2) is 43.3. The zero-order chi connectivity index (χ0) is 84.2. The molecule has 6 aliphatic heterocycles. The first-order valence-corrected chi connectivity index (χ1v) is 40.0. The minimum atomic E-state index is 0. The summed E-state index contributed by atoms with van der Waals surface area (Å²) in [7, 11) is 5.94. The van der Waals surface area contributed by atoms with Crippen molar-refractivity contribution < 1.29 is 60.3 Å². The molecule has 0 bridgehead atoms. The molecule has 9 heterocycles. The third-order valence-electron chi connectivity index (χ3n) is 20.0. The van der Waals surface area contributed by atoms with E-state index in [4.69, 9.17) is 20.3 Å². The molecule has 21 nitrogen and oxygen atoms in total. The Kier molecular flexibility index (Phi) is 30.3. The zero-order valence-corrected chi connectivity index (χ0v) is 76.4. The summed E-state index contributed by atoms with van der Waals surface area (Å²) in [5, 5.41) is 19.9. The molecule has 0 atom stereocenters. The van der Waals surface area contributed by atoms with Gasteiger partial charge in [0.05, 0.1) is 35.7 Å². The number of anilines is 15. The van der Waals surface area contributed by atoms with Crippen LogP contribution in [0, 0.1) is 83.3 Å². The molecule has 0 fully saturated rings. The van der Waals surface area contributed by atoms with Gasteiger partial charge in [-0.15, -0.1) is 55.3 Å². The fraction of sp³-hybridized carbons (Fsp3) is 0.0388. The predicted octanol–water partition coefficient (Wildman–Crippen LogP) is 20.8. The van der Waals surface area contributed by atoms with Crippen molar-refractivity contribution in [3.63, 3.8) is 0 Å². The van der Waals surface area contributed by atoms with E-state index in [1.54, 1.807) is 12.7 Å². The summed E-state index contributed by atoms with van der Waals surface area (Å²) in [5.41, 5.74) is 17.3. The summed E-state index contributed by atoms with van der Waals surface area (Å²) < 4.78 is 0. The van der Waals surface area contributed by atoms with Crippen LogP contribution >= 0.6 is 0 Å². The Morgan fingerprint density at radius 1 is 0.260 bits per heavy atom. The maximum absolute atomic E-state index is 4.81. The van der Waals surface area contributed by atoms with E-state index < -0.39 is 0 Å². The Morgan fingerprint density at radius 3 is 0.937 bits per heavy atom. The molecular weight excluding hydrogens is 2110 g/mol. The normalized spacial score (nSPS) is 13.6. The van der Waals surface area contributed by atoms with E-state index in [1.165, 1.54) is 5.56 Å². The van der Waals surface area contributed by atoms with Crippen molar-refractivity contribution in [3.8, 4) is 11.4 Å². The molecule has 0 saturated heterocycles. The van der Waals surface area contributed by atoms with Crippen molar-refractivity contribution in [2.24, 2.45) is 15.3 Å². The first-order chi connectivity index (χ1) is 61.2. The number of aryl methyl sites for hydroxylation is 1. The van der Waals surface area contributed by atoms with Crippen LogP contribution in [0.1, 0.15) is 22.3 Å². The zero-order valence-electron chi connectivity index (χ0n) is 69.2. The van der Waals surface area contributed by atoms with Crippen LogP contribution in [0.2, 0.25) is 0 Å². The molecule has 6 aliphatic rings. The average molecular weight is 2190 g/mol. The fourth-order valence-electron chi connectivity index (χ4n) is 13.9. The average Bonchev–Trinajstić information content (AvgIpc) is 1.68. The minimum absolute atomic E-state index is 0. The number of para-hydroxylation sites is 9. The van der Waals surface area contributed by atoms with Crippen LogP contribution in [-0.4, -0.2) is 68.6 Å². The van der Waals surface area contributed by atoms with E-state index in [-0.39, 0.29) is 60.3 Å². The van der Waals surface area contributed by atoms with E-state index in [1.807, 2.05) is 391 Å². The SMILES string of the molecule is CN1[CH-]N(c2[c-]cccc2)c2cncnc21.CN1[CH-]N(c2[c-]cccc2)c2ncncc21.Cc1ccccc1-c1ncc2c(n1)N(c1[c-]cccc1)[CH-]N2C.[Ir].[Ir].[Ir].[c-]1ccccc1N1[CH-]N(c2ccccc2)C(c2ccccc2)=N1.[c-]1ccccc1N1[CH-]N(c2ccccc2)C(c2ccccc2)=N1.[c-]1ccccc1N1[CH-]N(c2ccccc2)C(c2ccccc2)=N1. The molecule has 637 valence electrons. The number of hydrogen-bond acceptors (Lipinski definition) is 21. The number of amidine groups is 3. The molecule has 3 radical (unpaired) electrons. The number of rotatable bonds is 13. The summed E-state index contributed by atoms with van der Waals surface area (Å²) in [6, 6.07) is 136. The Balaban J connectivity index is 0.000000124. The second-order valence-electron chi connectivity index (χ2n) is 28.3. The Labute approximate surface area is 782 Å². The van der Waals surface area contributed by atoms with Crippen molar-refractivity contribution in [2.45, 2.75) is 6.92 Å². The van der Waals surface area contributed by atoms with Gasteiger partial charge in [-0.05, 0) is 70.0 Å². The van der Waals surface area contributed by atoms with Gasteiger partial charge in [-0.2, -0.15) is 199 Å². The Bertz CT molecular complexity index is 5770. The monoisotopic (exact) mass is 2190 g/mol. The van der Waals surface area contributed by atoms with E-state index in [2.05, 4.69) is 168 Å².